The fraction of sp³-hybridized carbons (Fsp3) is 0.167. The molecule has 1 amide bonds. The number of fused-ring (bicyclic) bond motifs is 1. The summed E-state index contributed by atoms with van der Waals surface area (Å²) >= 11 is 0. The van der Waals surface area contributed by atoms with Gasteiger partial charge < -0.3 is 5.32 Å². The molecule has 0 aliphatic carbocycles. The Hall–Kier alpha value is -3.52. The Kier molecular flexibility index (Phi) is 6.05. The van der Waals surface area contributed by atoms with Gasteiger partial charge in [0.1, 0.15) is 5.82 Å². The molecule has 1 heterocycles. The molecule has 0 atom stereocenters. The first-order valence-electron chi connectivity index (χ1n) is 10.2. The van der Waals surface area contributed by atoms with Crippen molar-refractivity contribution in [2.24, 2.45) is 0 Å². The van der Waals surface area contributed by atoms with Gasteiger partial charge >= 0.3 is 0 Å². The van der Waals surface area contributed by atoms with E-state index in [2.05, 4.69) is 10.4 Å². The smallest absolute Gasteiger partial charge is 0.252 e. The molecule has 0 fully saturated rings. The van der Waals surface area contributed by atoms with Crippen molar-refractivity contribution < 1.29 is 17.6 Å². The highest BCUT2D eigenvalue weighted by Crippen LogP contribution is 2.22. The van der Waals surface area contributed by atoms with Crippen LogP contribution in [0.4, 0.5) is 4.39 Å². The van der Waals surface area contributed by atoms with E-state index < -0.39 is 9.84 Å². The van der Waals surface area contributed by atoms with Crippen LogP contribution >= 0.6 is 0 Å². The van der Waals surface area contributed by atoms with Gasteiger partial charge in [0.25, 0.3) is 5.91 Å². The molecule has 0 radical (unpaired) electrons. The van der Waals surface area contributed by atoms with Gasteiger partial charge in [-0.15, -0.1) is 0 Å². The molecule has 1 aromatic heterocycles. The van der Waals surface area contributed by atoms with Crippen molar-refractivity contribution in [3.63, 3.8) is 0 Å². The maximum Gasteiger partial charge on any atom is 0.252 e. The third-order valence-corrected chi connectivity index (χ3v) is 6.88. The molecule has 0 aliphatic rings. The molecule has 6 nitrogen and oxygen atoms in total. The van der Waals surface area contributed by atoms with Crippen LogP contribution in [0.2, 0.25) is 0 Å². The number of nitrogens with one attached hydrogen (secondary N) is 1. The SMILES string of the molecule is CCS(=O)(=O)Cc1ccc(CNC(=O)c2cccc3c2cnn3-c2ccc(F)cc2)cc1. The van der Waals surface area contributed by atoms with Gasteiger partial charge in [0, 0.05) is 17.7 Å². The van der Waals surface area contributed by atoms with E-state index >= 15 is 0 Å². The van der Waals surface area contributed by atoms with E-state index in [0.29, 0.717) is 23.2 Å². The second-order valence-electron chi connectivity index (χ2n) is 7.45. The standard InChI is InChI=1S/C24H22FN3O3S/c1-2-32(30,31)16-18-8-6-17(7-9-18)14-26-24(29)21-4-3-5-23-22(21)15-27-28(23)20-12-10-19(25)11-13-20/h3-13,15H,2,14,16H2,1H3,(H,26,29). The summed E-state index contributed by atoms with van der Waals surface area (Å²) in [5.41, 5.74) is 3.52. The summed E-state index contributed by atoms with van der Waals surface area (Å²) in [6.45, 7) is 1.94. The van der Waals surface area contributed by atoms with Gasteiger partial charge in [-0.1, -0.05) is 37.3 Å². The summed E-state index contributed by atoms with van der Waals surface area (Å²) in [5, 5.41) is 7.96. The van der Waals surface area contributed by atoms with Gasteiger partial charge in [0.15, 0.2) is 9.84 Å². The van der Waals surface area contributed by atoms with Gasteiger partial charge in [-0.25, -0.2) is 17.5 Å². The Balaban J connectivity index is 1.49. The number of hydrogen-bond donors (Lipinski definition) is 1. The number of amides is 1. The van der Waals surface area contributed by atoms with Gasteiger partial charge in [-0.05, 0) is 47.5 Å². The van der Waals surface area contributed by atoms with Gasteiger partial charge in [-0.3, -0.25) is 4.79 Å². The van der Waals surface area contributed by atoms with E-state index in [9.17, 15) is 17.6 Å². The zero-order chi connectivity index (χ0) is 22.7. The van der Waals surface area contributed by atoms with E-state index in [4.69, 9.17) is 0 Å². The molecule has 3 aromatic carbocycles. The van der Waals surface area contributed by atoms with Crippen LogP contribution in [0, 0.1) is 5.82 Å². The predicted octanol–water partition coefficient (Wildman–Crippen LogP) is 4.03. The molecule has 0 spiro atoms. The Morgan fingerprint density at radius 1 is 1.00 bits per heavy atom. The second kappa shape index (κ2) is 8.92. The molecular formula is C24H22FN3O3S. The molecule has 0 bridgehead atoms. The number of carbonyl (C=O) groups is 1. The highest BCUT2D eigenvalue weighted by atomic mass is 32.2. The average Bonchev–Trinajstić information content (AvgIpc) is 3.23. The van der Waals surface area contributed by atoms with Crippen molar-refractivity contribution in [3.05, 3.63) is 95.4 Å². The van der Waals surface area contributed by atoms with Gasteiger partial charge in [-0.2, -0.15) is 5.10 Å². The Labute approximate surface area is 185 Å². The van der Waals surface area contributed by atoms with Crippen molar-refractivity contribution in [3.8, 4) is 5.69 Å². The summed E-state index contributed by atoms with van der Waals surface area (Å²) in [7, 11) is -3.08. The second-order valence-corrected chi connectivity index (χ2v) is 9.80. The summed E-state index contributed by atoms with van der Waals surface area (Å²) in [5.74, 6) is -0.457. The molecule has 164 valence electrons. The number of nitrogens with zero attached hydrogens (tertiary/aromatic N) is 2. The van der Waals surface area contributed by atoms with E-state index in [0.717, 1.165) is 16.6 Å². The van der Waals surface area contributed by atoms with Crippen LogP contribution in [0.5, 0.6) is 0 Å². The maximum absolute atomic E-state index is 13.2. The Bertz CT molecular complexity index is 1360. The van der Waals surface area contributed by atoms with Gasteiger partial charge in [0.05, 0.1) is 28.7 Å². The number of sulfone groups is 1. The zero-order valence-corrected chi connectivity index (χ0v) is 18.3. The maximum atomic E-state index is 13.2. The lowest BCUT2D eigenvalue weighted by Crippen LogP contribution is -2.23. The summed E-state index contributed by atoms with van der Waals surface area (Å²) in [4.78, 5) is 12.8. The normalized spacial score (nSPS) is 11.6. The van der Waals surface area contributed by atoms with Crippen molar-refractivity contribution in [1.82, 2.24) is 15.1 Å². The van der Waals surface area contributed by atoms with Crippen LogP contribution in [-0.2, 0) is 22.1 Å². The number of halogens is 1. The molecule has 8 heteroatoms. The summed E-state index contributed by atoms with van der Waals surface area (Å²) < 4.78 is 38.4. The first-order valence-corrected chi connectivity index (χ1v) is 12.0. The topological polar surface area (TPSA) is 81.1 Å². The number of rotatable bonds is 7. The number of aromatic nitrogens is 2. The van der Waals surface area contributed by atoms with Crippen LogP contribution in [0.25, 0.3) is 16.6 Å². The van der Waals surface area contributed by atoms with Gasteiger partial charge in [0.2, 0.25) is 0 Å². The fourth-order valence-electron chi connectivity index (χ4n) is 3.42. The average molecular weight is 452 g/mol. The highest BCUT2D eigenvalue weighted by Gasteiger charge is 2.14. The number of benzene rings is 3. The van der Waals surface area contributed by atoms with E-state index in [1.165, 1.54) is 12.1 Å². The molecule has 0 aliphatic heterocycles. The van der Waals surface area contributed by atoms with E-state index in [1.807, 2.05) is 18.2 Å². The van der Waals surface area contributed by atoms with Crippen molar-refractivity contribution >= 4 is 26.6 Å². The third-order valence-electron chi connectivity index (χ3n) is 5.23. The largest absolute Gasteiger partial charge is 0.348 e. The molecule has 4 aromatic rings. The lowest BCUT2D eigenvalue weighted by molar-refractivity contribution is 0.0952. The van der Waals surface area contributed by atoms with Crippen LogP contribution in [0.15, 0.2) is 72.9 Å². The lowest BCUT2D eigenvalue weighted by Gasteiger charge is -2.08. The van der Waals surface area contributed by atoms with Crippen molar-refractivity contribution in [2.75, 3.05) is 5.75 Å². The number of carbonyl (C=O) groups excluding carboxylic acids is 1. The van der Waals surface area contributed by atoms with E-state index in [1.54, 1.807) is 54.2 Å². The van der Waals surface area contributed by atoms with Crippen LogP contribution < -0.4 is 5.32 Å². The van der Waals surface area contributed by atoms with E-state index in [-0.39, 0.29) is 23.2 Å². The first kappa shape index (κ1) is 21.7. The van der Waals surface area contributed by atoms with Crippen LogP contribution in [0.1, 0.15) is 28.4 Å². The first-order chi connectivity index (χ1) is 15.4. The minimum atomic E-state index is -3.08. The summed E-state index contributed by atoms with van der Waals surface area (Å²) in [6, 6.07) is 18.5. The molecule has 0 saturated carbocycles. The van der Waals surface area contributed by atoms with Crippen molar-refractivity contribution in [1.29, 1.82) is 0 Å². The monoisotopic (exact) mass is 451 g/mol. The Morgan fingerprint density at radius 3 is 2.38 bits per heavy atom. The fourth-order valence-corrected chi connectivity index (χ4v) is 4.33. The van der Waals surface area contributed by atoms with Crippen LogP contribution in [-0.4, -0.2) is 29.9 Å². The highest BCUT2D eigenvalue weighted by molar-refractivity contribution is 7.90. The zero-order valence-electron chi connectivity index (χ0n) is 17.5. The minimum absolute atomic E-state index is 0.0101. The third kappa shape index (κ3) is 4.70. The minimum Gasteiger partial charge on any atom is -0.348 e. The quantitative estimate of drug-likeness (QED) is 0.460. The molecule has 0 unspecified atom stereocenters. The Morgan fingerprint density at radius 2 is 1.69 bits per heavy atom. The number of hydrogen-bond acceptors (Lipinski definition) is 4. The van der Waals surface area contributed by atoms with Crippen molar-refractivity contribution in [2.45, 2.75) is 19.2 Å². The predicted molar refractivity (Wildman–Crippen MR) is 122 cm³/mol. The molecule has 32 heavy (non-hydrogen) atoms. The van der Waals surface area contributed by atoms with Crippen LogP contribution in [0.3, 0.4) is 0 Å². The molecule has 4 rings (SSSR count). The lowest BCUT2D eigenvalue weighted by atomic mass is 10.1. The molecule has 1 N–H and O–H groups in total. The molecular weight excluding hydrogens is 429 g/mol. The summed E-state index contributed by atoms with van der Waals surface area (Å²) in [6.07, 6.45) is 1.62. The molecule has 0 saturated heterocycles.